The second kappa shape index (κ2) is 5.40. The maximum Gasteiger partial charge on any atom is 0.259 e. The predicted octanol–water partition coefficient (Wildman–Crippen LogP) is 2.45. The number of anilines is 1. The topological polar surface area (TPSA) is 46.1 Å². The SMILES string of the molecule is CCN(C(=O)c1ccc(C)nc1)c1cccnc1. The van der Waals surface area contributed by atoms with Gasteiger partial charge in [0.25, 0.3) is 5.91 Å². The van der Waals surface area contributed by atoms with E-state index in [9.17, 15) is 4.79 Å². The molecule has 92 valence electrons. The van der Waals surface area contributed by atoms with Crippen LogP contribution in [-0.4, -0.2) is 22.4 Å². The Morgan fingerprint density at radius 2 is 2.11 bits per heavy atom. The average Bonchev–Trinajstić information content (AvgIpc) is 2.41. The first kappa shape index (κ1) is 12.2. The third-order valence-electron chi connectivity index (χ3n) is 2.68. The second-order valence-electron chi connectivity index (χ2n) is 3.95. The fraction of sp³-hybridized carbons (Fsp3) is 0.214. The summed E-state index contributed by atoms with van der Waals surface area (Å²) in [5, 5.41) is 0. The molecule has 0 N–H and O–H groups in total. The highest BCUT2D eigenvalue weighted by Crippen LogP contribution is 2.15. The van der Waals surface area contributed by atoms with Gasteiger partial charge >= 0.3 is 0 Å². The molecular formula is C14H15N3O. The number of carbonyl (C=O) groups excluding carboxylic acids is 1. The molecular weight excluding hydrogens is 226 g/mol. The summed E-state index contributed by atoms with van der Waals surface area (Å²) in [6, 6.07) is 7.32. The van der Waals surface area contributed by atoms with Crippen molar-refractivity contribution in [1.29, 1.82) is 0 Å². The molecule has 2 heterocycles. The summed E-state index contributed by atoms with van der Waals surface area (Å²) < 4.78 is 0. The van der Waals surface area contributed by atoms with Gasteiger partial charge in [0, 0.05) is 24.6 Å². The van der Waals surface area contributed by atoms with E-state index < -0.39 is 0 Å². The molecule has 0 atom stereocenters. The van der Waals surface area contributed by atoms with Crippen LogP contribution in [0.3, 0.4) is 0 Å². The van der Waals surface area contributed by atoms with Crippen LogP contribution in [0.1, 0.15) is 23.0 Å². The van der Waals surface area contributed by atoms with Crippen LogP contribution in [-0.2, 0) is 0 Å². The number of aryl methyl sites for hydroxylation is 1. The zero-order valence-electron chi connectivity index (χ0n) is 10.5. The molecule has 0 unspecified atom stereocenters. The molecule has 0 radical (unpaired) electrons. The van der Waals surface area contributed by atoms with Crippen molar-refractivity contribution in [2.75, 3.05) is 11.4 Å². The number of carbonyl (C=O) groups is 1. The van der Waals surface area contributed by atoms with E-state index in [-0.39, 0.29) is 5.91 Å². The van der Waals surface area contributed by atoms with Gasteiger partial charge in [-0.25, -0.2) is 0 Å². The fourth-order valence-corrected chi connectivity index (χ4v) is 1.71. The Kier molecular flexibility index (Phi) is 3.67. The Morgan fingerprint density at radius 3 is 2.67 bits per heavy atom. The van der Waals surface area contributed by atoms with Gasteiger partial charge in [-0.3, -0.25) is 14.8 Å². The van der Waals surface area contributed by atoms with Crippen molar-refractivity contribution >= 4 is 11.6 Å². The summed E-state index contributed by atoms with van der Waals surface area (Å²) in [5.41, 5.74) is 2.29. The van der Waals surface area contributed by atoms with Gasteiger partial charge in [0.05, 0.1) is 17.4 Å². The van der Waals surface area contributed by atoms with Crippen molar-refractivity contribution in [3.8, 4) is 0 Å². The lowest BCUT2D eigenvalue weighted by atomic mass is 10.2. The van der Waals surface area contributed by atoms with Gasteiger partial charge in [-0.15, -0.1) is 0 Å². The number of nitrogens with zero attached hydrogens (tertiary/aromatic N) is 3. The van der Waals surface area contributed by atoms with Crippen LogP contribution in [0.4, 0.5) is 5.69 Å². The quantitative estimate of drug-likeness (QED) is 0.829. The number of rotatable bonds is 3. The van der Waals surface area contributed by atoms with Crippen LogP contribution in [0.2, 0.25) is 0 Å². The van der Waals surface area contributed by atoms with E-state index >= 15 is 0 Å². The van der Waals surface area contributed by atoms with Crippen LogP contribution in [0.5, 0.6) is 0 Å². The number of pyridine rings is 2. The molecule has 2 aromatic heterocycles. The van der Waals surface area contributed by atoms with Gasteiger partial charge in [-0.05, 0) is 38.1 Å². The van der Waals surface area contributed by atoms with Crippen molar-refractivity contribution in [2.45, 2.75) is 13.8 Å². The molecule has 2 rings (SSSR count). The number of hydrogen-bond acceptors (Lipinski definition) is 3. The third-order valence-corrected chi connectivity index (χ3v) is 2.68. The molecule has 0 spiro atoms. The molecule has 0 fully saturated rings. The van der Waals surface area contributed by atoms with Crippen LogP contribution in [0.25, 0.3) is 0 Å². The van der Waals surface area contributed by atoms with Gasteiger partial charge in [0.1, 0.15) is 0 Å². The average molecular weight is 241 g/mol. The lowest BCUT2D eigenvalue weighted by Crippen LogP contribution is -2.30. The Hall–Kier alpha value is -2.23. The Bertz CT molecular complexity index is 522. The molecule has 0 saturated heterocycles. The highest BCUT2D eigenvalue weighted by molar-refractivity contribution is 6.05. The normalized spacial score (nSPS) is 10.1. The fourth-order valence-electron chi connectivity index (χ4n) is 1.71. The van der Waals surface area contributed by atoms with Crippen LogP contribution < -0.4 is 4.90 Å². The summed E-state index contributed by atoms with van der Waals surface area (Å²) >= 11 is 0. The minimum absolute atomic E-state index is 0.0574. The zero-order chi connectivity index (χ0) is 13.0. The van der Waals surface area contributed by atoms with Gasteiger partial charge < -0.3 is 4.90 Å². The Morgan fingerprint density at radius 1 is 1.28 bits per heavy atom. The molecule has 4 heteroatoms. The summed E-state index contributed by atoms with van der Waals surface area (Å²) in [4.78, 5) is 22.2. The first-order chi connectivity index (χ1) is 8.72. The lowest BCUT2D eigenvalue weighted by molar-refractivity contribution is 0.0988. The molecule has 0 saturated carbocycles. The predicted molar refractivity (Wildman–Crippen MR) is 70.6 cm³/mol. The smallest absolute Gasteiger partial charge is 0.259 e. The molecule has 18 heavy (non-hydrogen) atoms. The van der Waals surface area contributed by atoms with Crippen molar-refractivity contribution in [2.24, 2.45) is 0 Å². The van der Waals surface area contributed by atoms with E-state index in [1.807, 2.05) is 32.0 Å². The van der Waals surface area contributed by atoms with Crippen molar-refractivity contribution in [3.63, 3.8) is 0 Å². The number of aromatic nitrogens is 2. The monoisotopic (exact) mass is 241 g/mol. The lowest BCUT2D eigenvalue weighted by Gasteiger charge is -2.20. The molecule has 0 aliphatic heterocycles. The van der Waals surface area contributed by atoms with Crippen LogP contribution in [0.15, 0.2) is 42.9 Å². The third kappa shape index (κ3) is 2.53. The molecule has 0 bridgehead atoms. The van der Waals surface area contributed by atoms with E-state index in [4.69, 9.17) is 0 Å². The minimum atomic E-state index is -0.0574. The molecule has 0 aliphatic carbocycles. The van der Waals surface area contributed by atoms with E-state index in [1.165, 1.54) is 0 Å². The molecule has 0 aromatic carbocycles. The van der Waals surface area contributed by atoms with Crippen molar-refractivity contribution < 1.29 is 4.79 Å². The first-order valence-corrected chi connectivity index (χ1v) is 5.87. The summed E-state index contributed by atoms with van der Waals surface area (Å²) in [6.45, 7) is 4.43. The standard InChI is InChI=1S/C14H15N3O/c1-3-17(13-5-4-8-15-10-13)14(18)12-7-6-11(2)16-9-12/h4-10H,3H2,1-2H3. The number of amides is 1. The maximum atomic E-state index is 12.3. The van der Waals surface area contributed by atoms with Gasteiger partial charge in [-0.2, -0.15) is 0 Å². The molecule has 2 aromatic rings. The molecule has 4 nitrogen and oxygen atoms in total. The van der Waals surface area contributed by atoms with Crippen molar-refractivity contribution in [1.82, 2.24) is 9.97 Å². The minimum Gasteiger partial charge on any atom is -0.307 e. The van der Waals surface area contributed by atoms with E-state index in [0.717, 1.165) is 11.4 Å². The van der Waals surface area contributed by atoms with E-state index in [0.29, 0.717) is 12.1 Å². The summed E-state index contributed by atoms with van der Waals surface area (Å²) in [5.74, 6) is -0.0574. The largest absolute Gasteiger partial charge is 0.307 e. The van der Waals surface area contributed by atoms with Gasteiger partial charge in [0.2, 0.25) is 0 Å². The maximum absolute atomic E-state index is 12.3. The first-order valence-electron chi connectivity index (χ1n) is 5.87. The Balaban J connectivity index is 2.28. The van der Waals surface area contributed by atoms with Crippen LogP contribution >= 0.6 is 0 Å². The van der Waals surface area contributed by atoms with E-state index in [2.05, 4.69) is 9.97 Å². The summed E-state index contributed by atoms with van der Waals surface area (Å²) in [7, 11) is 0. The highest BCUT2D eigenvalue weighted by atomic mass is 16.2. The zero-order valence-corrected chi connectivity index (χ0v) is 10.5. The number of hydrogen-bond donors (Lipinski definition) is 0. The van der Waals surface area contributed by atoms with Crippen LogP contribution in [0, 0.1) is 6.92 Å². The molecule has 1 amide bonds. The molecule has 0 aliphatic rings. The van der Waals surface area contributed by atoms with Gasteiger partial charge in [0.15, 0.2) is 0 Å². The summed E-state index contributed by atoms with van der Waals surface area (Å²) in [6.07, 6.45) is 4.98. The Labute approximate surface area is 106 Å². The second-order valence-corrected chi connectivity index (χ2v) is 3.95. The highest BCUT2D eigenvalue weighted by Gasteiger charge is 2.16. The van der Waals surface area contributed by atoms with Gasteiger partial charge in [-0.1, -0.05) is 0 Å². The van der Waals surface area contributed by atoms with E-state index in [1.54, 1.807) is 29.6 Å². The van der Waals surface area contributed by atoms with Crippen molar-refractivity contribution in [3.05, 3.63) is 54.1 Å².